The van der Waals surface area contributed by atoms with E-state index in [0.717, 1.165) is 50.8 Å². The number of hydrogen-bond acceptors (Lipinski definition) is 5. The van der Waals surface area contributed by atoms with Gasteiger partial charge in [-0.3, -0.25) is 0 Å². The first-order valence-electron chi connectivity index (χ1n) is 7.07. The number of piperidine rings is 1. The van der Waals surface area contributed by atoms with E-state index in [4.69, 9.17) is 9.26 Å². The van der Waals surface area contributed by atoms with E-state index in [-0.39, 0.29) is 0 Å². The fourth-order valence-corrected chi connectivity index (χ4v) is 2.39. The normalized spacial score (nSPS) is 24.5. The van der Waals surface area contributed by atoms with E-state index < -0.39 is 0 Å². The molecule has 3 rings (SSSR count). The molecule has 1 aliphatic carbocycles. The smallest absolute Gasteiger partial charge is 0.266 e. The van der Waals surface area contributed by atoms with Gasteiger partial charge in [-0.25, -0.2) is 0 Å². The van der Waals surface area contributed by atoms with E-state index in [1.807, 2.05) is 0 Å². The maximum absolute atomic E-state index is 5.82. The first-order valence-corrected chi connectivity index (χ1v) is 7.07. The zero-order valence-corrected chi connectivity index (χ0v) is 11.0. The first-order chi connectivity index (χ1) is 8.86. The number of anilines is 1. The number of ether oxygens (including phenoxy) is 1. The lowest BCUT2D eigenvalue weighted by molar-refractivity contribution is 0.0437. The summed E-state index contributed by atoms with van der Waals surface area (Å²) in [5.41, 5.74) is 0. The molecule has 18 heavy (non-hydrogen) atoms. The van der Waals surface area contributed by atoms with Crippen LogP contribution in [-0.4, -0.2) is 35.9 Å². The molecule has 0 N–H and O–H groups in total. The Kier molecular flexibility index (Phi) is 3.50. The Labute approximate surface area is 107 Å². The van der Waals surface area contributed by atoms with Gasteiger partial charge in [0.25, 0.3) is 5.95 Å². The highest BCUT2D eigenvalue weighted by molar-refractivity contribution is 5.29. The van der Waals surface area contributed by atoms with Crippen molar-refractivity contribution in [1.29, 1.82) is 0 Å². The van der Waals surface area contributed by atoms with Crippen molar-refractivity contribution in [3.63, 3.8) is 0 Å². The Morgan fingerprint density at radius 1 is 1.39 bits per heavy atom. The Morgan fingerprint density at radius 3 is 3.06 bits per heavy atom. The van der Waals surface area contributed by atoms with Crippen molar-refractivity contribution < 1.29 is 9.26 Å². The lowest BCUT2D eigenvalue weighted by Gasteiger charge is -2.31. The van der Waals surface area contributed by atoms with Gasteiger partial charge in [-0.05, 0) is 37.3 Å². The summed E-state index contributed by atoms with van der Waals surface area (Å²) in [4.78, 5) is 6.70. The van der Waals surface area contributed by atoms with E-state index in [1.165, 1.54) is 12.8 Å². The third-order valence-electron chi connectivity index (χ3n) is 3.58. The first kappa shape index (κ1) is 12.0. The number of hydrogen-bond donors (Lipinski definition) is 0. The highest BCUT2D eigenvalue weighted by Crippen LogP contribution is 2.39. The molecule has 1 saturated carbocycles. The second kappa shape index (κ2) is 5.26. The molecule has 1 aromatic heterocycles. The van der Waals surface area contributed by atoms with Gasteiger partial charge in [0, 0.05) is 25.6 Å². The monoisotopic (exact) mass is 251 g/mol. The number of rotatable bonds is 5. The molecular weight excluding hydrogens is 230 g/mol. The molecule has 0 amide bonds. The van der Waals surface area contributed by atoms with Crippen molar-refractivity contribution >= 4 is 5.95 Å². The summed E-state index contributed by atoms with van der Waals surface area (Å²) in [6.45, 7) is 4.89. The molecule has 2 heterocycles. The standard InChI is InChI=1S/C13H21N3O2/c1-2-8-17-11-4-3-7-16(9-11)13-14-12(18-15-13)10-5-6-10/h10-11H,2-9H2,1H3/t11-/m0/s1. The number of aromatic nitrogens is 2. The SMILES string of the molecule is CCCO[C@H]1CCCN(c2noc(C3CC3)n2)C1. The molecule has 0 spiro atoms. The van der Waals surface area contributed by atoms with Crippen LogP contribution < -0.4 is 4.90 Å². The van der Waals surface area contributed by atoms with Crippen LogP contribution in [0.15, 0.2) is 4.52 Å². The average molecular weight is 251 g/mol. The largest absolute Gasteiger partial charge is 0.376 e. The van der Waals surface area contributed by atoms with Gasteiger partial charge in [0.05, 0.1) is 6.10 Å². The van der Waals surface area contributed by atoms with Crippen LogP contribution in [0.5, 0.6) is 0 Å². The molecule has 1 aromatic rings. The quantitative estimate of drug-likeness (QED) is 0.804. The predicted octanol–water partition coefficient (Wildman–Crippen LogP) is 2.34. The average Bonchev–Trinajstić information content (AvgIpc) is 3.14. The Hall–Kier alpha value is -1.10. The topological polar surface area (TPSA) is 51.4 Å². The van der Waals surface area contributed by atoms with Gasteiger partial charge in [-0.1, -0.05) is 6.92 Å². The van der Waals surface area contributed by atoms with Crippen molar-refractivity contribution in [2.75, 3.05) is 24.6 Å². The van der Waals surface area contributed by atoms with Crippen molar-refractivity contribution in [2.45, 2.75) is 51.0 Å². The molecule has 1 saturated heterocycles. The van der Waals surface area contributed by atoms with Gasteiger partial charge in [-0.2, -0.15) is 4.98 Å². The van der Waals surface area contributed by atoms with Gasteiger partial charge >= 0.3 is 0 Å². The lowest BCUT2D eigenvalue weighted by Crippen LogP contribution is -2.40. The third kappa shape index (κ3) is 2.66. The van der Waals surface area contributed by atoms with Gasteiger partial charge in [0.2, 0.25) is 5.89 Å². The molecule has 1 aliphatic heterocycles. The van der Waals surface area contributed by atoms with Crippen LogP contribution in [0.3, 0.4) is 0 Å². The summed E-state index contributed by atoms with van der Waals surface area (Å²) in [7, 11) is 0. The summed E-state index contributed by atoms with van der Waals surface area (Å²) in [6, 6.07) is 0. The van der Waals surface area contributed by atoms with Crippen molar-refractivity contribution in [3.8, 4) is 0 Å². The molecule has 5 nitrogen and oxygen atoms in total. The van der Waals surface area contributed by atoms with Crippen LogP contribution in [0.4, 0.5) is 5.95 Å². The van der Waals surface area contributed by atoms with Crippen molar-refractivity contribution in [3.05, 3.63) is 5.89 Å². The molecular formula is C13H21N3O2. The van der Waals surface area contributed by atoms with E-state index >= 15 is 0 Å². The minimum atomic E-state index is 0.321. The maximum Gasteiger partial charge on any atom is 0.266 e. The summed E-state index contributed by atoms with van der Waals surface area (Å²) >= 11 is 0. The molecule has 0 radical (unpaired) electrons. The van der Waals surface area contributed by atoms with Crippen molar-refractivity contribution in [2.24, 2.45) is 0 Å². The maximum atomic E-state index is 5.82. The highest BCUT2D eigenvalue weighted by Gasteiger charge is 2.31. The van der Waals surface area contributed by atoms with Crippen LogP contribution >= 0.6 is 0 Å². The van der Waals surface area contributed by atoms with Crippen LogP contribution in [0.1, 0.15) is 50.8 Å². The summed E-state index contributed by atoms with van der Waals surface area (Å²) < 4.78 is 11.1. The van der Waals surface area contributed by atoms with Gasteiger partial charge < -0.3 is 14.2 Å². The lowest BCUT2D eigenvalue weighted by atomic mass is 10.1. The minimum Gasteiger partial charge on any atom is -0.376 e. The molecule has 100 valence electrons. The zero-order valence-electron chi connectivity index (χ0n) is 11.0. The zero-order chi connectivity index (χ0) is 12.4. The van der Waals surface area contributed by atoms with Gasteiger partial charge in [-0.15, -0.1) is 0 Å². The van der Waals surface area contributed by atoms with Crippen LogP contribution in [0.25, 0.3) is 0 Å². The Bertz CT molecular complexity index is 389. The van der Waals surface area contributed by atoms with Crippen molar-refractivity contribution in [1.82, 2.24) is 10.1 Å². The predicted molar refractivity (Wildman–Crippen MR) is 67.8 cm³/mol. The van der Waals surface area contributed by atoms with Crippen LogP contribution in [0.2, 0.25) is 0 Å². The van der Waals surface area contributed by atoms with E-state index in [9.17, 15) is 0 Å². The molecule has 0 aromatic carbocycles. The molecule has 0 unspecified atom stereocenters. The van der Waals surface area contributed by atoms with Crippen LogP contribution in [0, 0.1) is 0 Å². The molecule has 0 bridgehead atoms. The second-order valence-corrected chi connectivity index (χ2v) is 5.29. The summed E-state index contributed by atoms with van der Waals surface area (Å²) in [5.74, 6) is 2.10. The molecule has 5 heteroatoms. The summed E-state index contributed by atoms with van der Waals surface area (Å²) in [6.07, 6.45) is 6.07. The van der Waals surface area contributed by atoms with E-state index in [1.54, 1.807) is 0 Å². The number of nitrogens with zero attached hydrogens (tertiary/aromatic N) is 3. The third-order valence-corrected chi connectivity index (χ3v) is 3.58. The van der Waals surface area contributed by atoms with Gasteiger partial charge in [0.15, 0.2) is 0 Å². The Morgan fingerprint density at radius 2 is 2.28 bits per heavy atom. The summed E-state index contributed by atoms with van der Waals surface area (Å²) in [5, 5.41) is 4.10. The minimum absolute atomic E-state index is 0.321. The van der Waals surface area contributed by atoms with Crippen LogP contribution in [-0.2, 0) is 4.74 Å². The molecule has 2 fully saturated rings. The Balaban J connectivity index is 1.59. The van der Waals surface area contributed by atoms with E-state index in [2.05, 4.69) is 22.0 Å². The van der Waals surface area contributed by atoms with Gasteiger partial charge in [0.1, 0.15) is 0 Å². The second-order valence-electron chi connectivity index (χ2n) is 5.29. The molecule has 2 aliphatic rings. The van der Waals surface area contributed by atoms with E-state index in [0.29, 0.717) is 12.0 Å². The molecule has 1 atom stereocenters. The fourth-order valence-electron chi connectivity index (χ4n) is 2.39. The highest BCUT2D eigenvalue weighted by atomic mass is 16.5. The fraction of sp³-hybridized carbons (Fsp3) is 0.846.